The fourth-order valence-electron chi connectivity index (χ4n) is 2.43. The number of benzene rings is 1. The second-order valence-electron chi connectivity index (χ2n) is 4.63. The number of primary amides is 1. The molecule has 0 radical (unpaired) electrons. The van der Waals surface area contributed by atoms with Gasteiger partial charge in [-0.25, -0.2) is 4.79 Å². The van der Waals surface area contributed by atoms with E-state index in [0.717, 1.165) is 5.56 Å². The van der Waals surface area contributed by atoms with Gasteiger partial charge in [0.15, 0.2) is 0 Å². The van der Waals surface area contributed by atoms with Crippen LogP contribution in [0.4, 0.5) is 4.79 Å². The van der Waals surface area contributed by atoms with Crippen LogP contribution in [-0.4, -0.2) is 35.1 Å². The number of amides is 2. The van der Waals surface area contributed by atoms with E-state index in [4.69, 9.17) is 10.8 Å². The number of hydrogen-bond acceptors (Lipinski definition) is 2. The predicted octanol–water partition coefficient (Wildman–Crippen LogP) is 1.26. The molecule has 1 heterocycles. The summed E-state index contributed by atoms with van der Waals surface area (Å²) in [5.74, 6) is -0.796. The molecule has 5 nitrogen and oxygen atoms in total. The van der Waals surface area contributed by atoms with Gasteiger partial charge in [-0.2, -0.15) is 0 Å². The van der Waals surface area contributed by atoms with E-state index in [1.165, 1.54) is 4.90 Å². The van der Waals surface area contributed by atoms with Gasteiger partial charge in [0.05, 0.1) is 5.92 Å². The molecule has 0 saturated carbocycles. The van der Waals surface area contributed by atoms with Crippen molar-refractivity contribution in [2.24, 2.45) is 11.7 Å². The first-order chi connectivity index (χ1) is 8.58. The maximum Gasteiger partial charge on any atom is 0.407 e. The summed E-state index contributed by atoms with van der Waals surface area (Å²) in [7, 11) is 0. The summed E-state index contributed by atoms with van der Waals surface area (Å²) in [4.78, 5) is 23.6. The summed E-state index contributed by atoms with van der Waals surface area (Å²) in [6.07, 6.45) is -0.384. The standard InChI is InChI=1S/C13H16N2O3/c14-12(16)11-6-10(7-15(8-11)13(17)18)9-4-2-1-3-5-9/h1-5,10-11H,6-8H2,(H2,14,16)(H,17,18). The van der Waals surface area contributed by atoms with Crippen LogP contribution in [0.3, 0.4) is 0 Å². The molecule has 0 spiro atoms. The Morgan fingerprint density at radius 2 is 1.89 bits per heavy atom. The number of carboxylic acid groups (broad SMARTS) is 1. The summed E-state index contributed by atoms with van der Waals surface area (Å²) in [5, 5.41) is 9.08. The predicted molar refractivity (Wildman–Crippen MR) is 66.1 cm³/mol. The van der Waals surface area contributed by atoms with Gasteiger partial charge in [0.25, 0.3) is 0 Å². The minimum atomic E-state index is -0.998. The van der Waals surface area contributed by atoms with E-state index in [-0.39, 0.29) is 12.5 Å². The molecule has 2 unspecified atom stereocenters. The molecular formula is C13H16N2O3. The third kappa shape index (κ3) is 2.61. The van der Waals surface area contributed by atoms with Gasteiger partial charge in [-0.1, -0.05) is 30.3 Å². The van der Waals surface area contributed by atoms with Crippen molar-refractivity contribution in [3.8, 4) is 0 Å². The summed E-state index contributed by atoms with van der Waals surface area (Å²) >= 11 is 0. The Morgan fingerprint density at radius 1 is 1.22 bits per heavy atom. The second kappa shape index (κ2) is 5.08. The Hall–Kier alpha value is -2.04. The molecule has 2 atom stereocenters. The highest BCUT2D eigenvalue weighted by atomic mass is 16.4. The quantitative estimate of drug-likeness (QED) is 0.826. The number of likely N-dealkylation sites (tertiary alicyclic amines) is 1. The summed E-state index contributed by atoms with van der Waals surface area (Å²) < 4.78 is 0. The van der Waals surface area contributed by atoms with E-state index in [9.17, 15) is 9.59 Å². The maximum absolute atomic E-state index is 11.3. The van der Waals surface area contributed by atoms with Crippen LogP contribution < -0.4 is 5.73 Å². The molecular weight excluding hydrogens is 232 g/mol. The van der Waals surface area contributed by atoms with Crippen molar-refractivity contribution in [2.45, 2.75) is 12.3 Å². The molecule has 2 amide bonds. The zero-order valence-electron chi connectivity index (χ0n) is 9.95. The van der Waals surface area contributed by atoms with Gasteiger partial charge < -0.3 is 15.7 Å². The number of rotatable bonds is 2. The number of carbonyl (C=O) groups excluding carboxylic acids is 1. The van der Waals surface area contributed by atoms with Crippen LogP contribution in [0.2, 0.25) is 0 Å². The van der Waals surface area contributed by atoms with Crippen molar-refractivity contribution < 1.29 is 14.7 Å². The molecule has 0 aromatic heterocycles. The van der Waals surface area contributed by atoms with Crippen LogP contribution in [-0.2, 0) is 4.79 Å². The molecule has 2 rings (SSSR count). The van der Waals surface area contributed by atoms with Crippen molar-refractivity contribution in [3.05, 3.63) is 35.9 Å². The molecule has 96 valence electrons. The second-order valence-corrected chi connectivity index (χ2v) is 4.63. The molecule has 1 fully saturated rings. The normalized spacial score (nSPS) is 23.7. The number of nitrogens with two attached hydrogens (primary N) is 1. The number of nitrogens with zero attached hydrogens (tertiary/aromatic N) is 1. The molecule has 1 aliphatic rings. The maximum atomic E-state index is 11.3. The fourth-order valence-corrected chi connectivity index (χ4v) is 2.43. The molecule has 1 aromatic rings. The first kappa shape index (κ1) is 12.4. The molecule has 5 heteroatoms. The lowest BCUT2D eigenvalue weighted by atomic mass is 9.84. The lowest BCUT2D eigenvalue weighted by Crippen LogP contribution is -2.46. The van der Waals surface area contributed by atoms with Gasteiger partial charge >= 0.3 is 6.09 Å². The lowest BCUT2D eigenvalue weighted by molar-refractivity contribution is -0.123. The Balaban J connectivity index is 2.20. The van der Waals surface area contributed by atoms with Crippen LogP contribution in [0.15, 0.2) is 30.3 Å². The van der Waals surface area contributed by atoms with Crippen molar-refractivity contribution in [1.29, 1.82) is 0 Å². The number of piperidine rings is 1. The largest absolute Gasteiger partial charge is 0.465 e. The number of carbonyl (C=O) groups is 2. The van der Waals surface area contributed by atoms with E-state index < -0.39 is 17.9 Å². The molecule has 0 bridgehead atoms. The smallest absolute Gasteiger partial charge is 0.407 e. The SMILES string of the molecule is NC(=O)C1CC(c2ccccc2)CN(C(=O)O)C1. The molecule has 3 N–H and O–H groups in total. The first-order valence-electron chi connectivity index (χ1n) is 5.90. The average molecular weight is 248 g/mol. The van der Waals surface area contributed by atoms with Gasteiger partial charge in [-0.3, -0.25) is 4.79 Å². The first-order valence-corrected chi connectivity index (χ1v) is 5.90. The zero-order valence-corrected chi connectivity index (χ0v) is 9.95. The van der Waals surface area contributed by atoms with Crippen molar-refractivity contribution >= 4 is 12.0 Å². The van der Waals surface area contributed by atoms with Crippen LogP contribution in [0, 0.1) is 5.92 Å². The topological polar surface area (TPSA) is 83.6 Å². The van der Waals surface area contributed by atoms with Gasteiger partial charge in [-0.05, 0) is 12.0 Å². The molecule has 1 aliphatic heterocycles. The van der Waals surface area contributed by atoms with Crippen LogP contribution in [0.5, 0.6) is 0 Å². The van der Waals surface area contributed by atoms with Gasteiger partial charge in [0.1, 0.15) is 0 Å². The van der Waals surface area contributed by atoms with Gasteiger partial charge in [0, 0.05) is 19.0 Å². The highest BCUT2D eigenvalue weighted by molar-refractivity contribution is 5.78. The monoisotopic (exact) mass is 248 g/mol. The molecule has 1 aromatic carbocycles. The average Bonchev–Trinajstić information content (AvgIpc) is 2.39. The minimum Gasteiger partial charge on any atom is -0.465 e. The third-order valence-electron chi connectivity index (χ3n) is 3.39. The van der Waals surface area contributed by atoms with E-state index in [1.54, 1.807) is 0 Å². The Bertz CT molecular complexity index is 425. The lowest BCUT2D eigenvalue weighted by Gasteiger charge is -2.35. The zero-order chi connectivity index (χ0) is 13.1. The fraction of sp³-hybridized carbons (Fsp3) is 0.385. The van der Waals surface area contributed by atoms with Crippen molar-refractivity contribution in [1.82, 2.24) is 4.90 Å². The van der Waals surface area contributed by atoms with Crippen LogP contribution in [0.1, 0.15) is 17.9 Å². The summed E-state index contributed by atoms with van der Waals surface area (Å²) in [6, 6.07) is 9.64. The van der Waals surface area contributed by atoms with Gasteiger partial charge in [-0.15, -0.1) is 0 Å². The molecule has 1 saturated heterocycles. The summed E-state index contributed by atoms with van der Waals surface area (Å²) in [6.45, 7) is 0.622. The van der Waals surface area contributed by atoms with Crippen molar-refractivity contribution in [3.63, 3.8) is 0 Å². The van der Waals surface area contributed by atoms with Crippen LogP contribution >= 0.6 is 0 Å². The van der Waals surface area contributed by atoms with Crippen LogP contribution in [0.25, 0.3) is 0 Å². The molecule has 0 aliphatic carbocycles. The van der Waals surface area contributed by atoms with E-state index >= 15 is 0 Å². The minimum absolute atomic E-state index is 0.0357. The Morgan fingerprint density at radius 3 is 2.44 bits per heavy atom. The van der Waals surface area contributed by atoms with Gasteiger partial charge in [0.2, 0.25) is 5.91 Å². The highest BCUT2D eigenvalue weighted by Crippen LogP contribution is 2.30. The number of hydrogen-bond donors (Lipinski definition) is 2. The van der Waals surface area contributed by atoms with E-state index in [0.29, 0.717) is 13.0 Å². The van der Waals surface area contributed by atoms with E-state index in [1.807, 2.05) is 30.3 Å². The summed E-state index contributed by atoms with van der Waals surface area (Å²) in [5.41, 5.74) is 6.36. The third-order valence-corrected chi connectivity index (χ3v) is 3.39. The van der Waals surface area contributed by atoms with E-state index in [2.05, 4.69) is 0 Å². The van der Waals surface area contributed by atoms with Crippen molar-refractivity contribution in [2.75, 3.05) is 13.1 Å². The Kier molecular flexibility index (Phi) is 3.50. The molecule has 18 heavy (non-hydrogen) atoms. The highest BCUT2D eigenvalue weighted by Gasteiger charge is 2.33. The Labute approximate surface area is 105 Å².